The highest BCUT2D eigenvalue weighted by molar-refractivity contribution is 7.98. The summed E-state index contributed by atoms with van der Waals surface area (Å²) < 4.78 is 5.79. The molecule has 1 aromatic carbocycles. The number of para-hydroxylation sites is 1. The molecule has 20 heavy (non-hydrogen) atoms. The van der Waals surface area contributed by atoms with Gasteiger partial charge in [-0.25, -0.2) is 0 Å². The Bertz CT molecular complexity index is 617. The summed E-state index contributed by atoms with van der Waals surface area (Å²) in [7, 11) is 0. The molecule has 0 bridgehead atoms. The predicted molar refractivity (Wildman–Crippen MR) is 79.3 cm³/mol. The Balaban J connectivity index is 2.11. The van der Waals surface area contributed by atoms with Crippen LogP contribution in [0.4, 0.5) is 0 Å². The molecule has 0 fully saturated rings. The van der Waals surface area contributed by atoms with Gasteiger partial charge in [0.25, 0.3) is 0 Å². The van der Waals surface area contributed by atoms with Gasteiger partial charge in [0.15, 0.2) is 5.84 Å². The van der Waals surface area contributed by atoms with Crippen LogP contribution < -0.4 is 10.5 Å². The predicted octanol–water partition coefficient (Wildman–Crippen LogP) is 2.48. The summed E-state index contributed by atoms with van der Waals surface area (Å²) in [5.41, 5.74) is 6.83. The quantitative estimate of drug-likeness (QED) is 0.290. The number of nitrogens with zero attached hydrogens (tertiary/aromatic N) is 2. The number of thioether (sulfide) groups is 1. The first-order valence-corrected chi connectivity index (χ1v) is 7.15. The lowest BCUT2D eigenvalue weighted by atomic mass is 10.2. The Hall–Kier alpha value is -2.21. The first-order valence-electron chi connectivity index (χ1n) is 5.93. The zero-order valence-corrected chi connectivity index (χ0v) is 11.8. The number of nitrogens with two attached hydrogens (primary N) is 1. The molecular formula is C14H15N3O2S. The van der Waals surface area contributed by atoms with Crippen molar-refractivity contribution in [3.8, 4) is 5.75 Å². The molecule has 1 aromatic heterocycles. The van der Waals surface area contributed by atoms with Crippen molar-refractivity contribution < 1.29 is 9.94 Å². The highest BCUT2D eigenvalue weighted by atomic mass is 32.2. The Kier molecular flexibility index (Phi) is 4.84. The molecule has 104 valence electrons. The Morgan fingerprint density at radius 3 is 2.95 bits per heavy atom. The summed E-state index contributed by atoms with van der Waals surface area (Å²) >= 11 is 1.63. The van der Waals surface area contributed by atoms with Crippen LogP contribution in [0.3, 0.4) is 0 Å². The first-order chi connectivity index (χ1) is 9.74. The van der Waals surface area contributed by atoms with Crippen molar-refractivity contribution in [2.75, 3.05) is 6.26 Å². The Morgan fingerprint density at radius 2 is 2.20 bits per heavy atom. The van der Waals surface area contributed by atoms with Gasteiger partial charge in [0, 0.05) is 11.1 Å². The fraction of sp³-hybridized carbons (Fsp3) is 0.143. The van der Waals surface area contributed by atoms with E-state index in [-0.39, 0.29) is 5.84 Å². The summed E-state index contributed by atoms with van der Waals surface area (Å²) in [5.74, 6) is 0.818. The first kappa shape index (κ1) is 14.2. The maximum Gasteiger partial charge on any atom is 0.188 e. The molecule has 0 radical (unpaired) electrons. The third-order valence-electron chi connectivity index (χ3n) is 2.66. The SMILES string of the molecule is CSc1ccccc1OCc1ccnc(C(N)=NO)c1. The average Bonchev–Trinajstić information content (AvgIpc) is 2.52. The molecule has 2 aromatic rings. The minimum atomic E-state index is -0.0173. The summed E-state index contributed by atoms with van der Waals surface area (Å²) in [6.45, 7) is 0.395. The van der Waals surface area contributed by atoms with Gasteiger partial charge in [-0.1, -0.05) is 17.3 Å². The van der Waals surface area contributed by atoms with Crippen LogP contribution in [0.25, 0.3) is 0 Å². The molecule has 0 spiro atoms. The average molecular weight is 289 g/mol. The number of oxime groups is 1. The van der Waals surface area contributed by atoms with E-state index in [1.54, 1.807) is 24.0 Å². The summed E-state index contributed by atoms with van der Waals surface area (Å²) in [6, 6.07) is 11.4. The standard InChI is InChI=1S/C14H15N3O2S/c1-20-13-5-3-2-4-12(13)19-9-10-6-7-16-11(8-10)14(15)17-18/h2-8,18H,9H2,1H3,(H2,15,17). The van der Waals surface area contributed by atoms with Crippen LogP contribution in [-0.2, 0) is 6.61 Å². The van der Waals surface area contributed by atoms with Gasteiger partial charge in [-0.15, -0.1) is 11.8 Å². The molecule has 6 heteroatoms. The van der Waals surface area contributed by atoms with E-state index in [2.05, 4.69) is 10.1 Å². The van der Waals surface area contributed by atoms with Crippen molar-refractivity contribution in [2.45, 2.75) is 11.5 Å². The second kappa shape index (κ2) is 6.81. The van der Waals surface area contributed by atoms with Crippen LogP contribution in [0.2, 0.25) is 0 Å². The van der Waals surface area contributed by atoms with Gasteiger partial charge < -0.3 is 15.7 Å². The van der Waals surface area contributed by atoms with Crippen molar-refractivity contribution >= 4 is 17.6 Å². The smallest absolute Gasteiger partial charge is 0.188 e. The number of amidine groups is 1. The lowest BCUT2D eigenvalue weighted by Crippen LogP contribution is -2.15. The summed E-state index contributed by atoms with van der Waals surface area (Å²) in [5, 5.41) is 11.6. The number of rotatable bonds is 5. The van der Waals surface area contributed by atoms with Crippen molar-refractivity contribution in [3.05, 3.63) is 53.9 Å². The van der Waals surface area contributed by atoms with Crippen molar-refractivity contribution in [2.24, 2.45) is 10.9 Å². The molecule has 0 unspecified atom stereocenters. The van der Waals surface area contributed by atoms with E-state index in [4.69, 9.17) is 15.7 Å². The van der Waals surface area contributed by atoms with Gasteiger partial charge >= 0.3 is 0 Å². The van der Waals surface area contributed by atoms with Gasteiger partial charge in [0.2, 0.25) is 0 Å². The summed E-state index contributed by atoms with van der Waals surface area (Å²) in [6.07, 6.45) is 3.61. The second-order valence-electron chi connectivity index (χ2n) is 3.97. The third-order valence-corrected chi connectivity index (χ3v) is 3.44. The second-order valence-corrected chi connectivity index (χ2v) is 4.82. The van der Waals surface area contributed by atoms with Crippen LogP contribution in [0, 0.1) is 0 Å². The molecule has 0 atom stereocenters. The number of ether oxygens (including phenoxy) is 1. The van der Waals surface area contributed by atoms with Gasteiger partial charge in [-0.3, -0.25) is 4.98 Å². The highest BCUT2D eigenvalue weighted by Gasteiger charge is 2.05. The minimum absolute atomic E-state index is 0.0173. The largest absolute Gasteiger partial charge is 0.488 e. The third kappa shape index (κ3) is 3.42. The van der Waals surface area contributed by atoms with Gasteiger partial charge in [-0.2, -0.15) is 0 Å². The number of hydrogen-bond donors (Lipinski definition) is 2. The number of pyridine rings is 1. The number of benzene rings is 1. The van der Waals surface area contributed by atoms with E-state index in [0.717, 1.165) is 16.2 Å². The maximum absolute atomic E-state index is 8.64. The summed E-state index contributed by atoms with van der Waals surface area (Å²) in [4.78, 5) is 5.11. The van der Waals surface area contributed by atoms with Crippen LogP contribution >= 0.6 is 11.8 Å². The van der Waals surface area contributed by atoms with Gasteiger partial charge in [-0.05, 0) is 36.1 Å². The van der Waals surface area contributed by atoms with Crippen LogP contribution in [0.1, 0.15) is 11.3 Å². The maximum atomic E-state index is 8.64. The van der Waals surface area contributed by atoms with Gasteiger partial charge in [0.1, 0.15) is 18.1 Å². The van der Waals surface area contributed by atoms with E-state index in [1.165, 1.54) is 0 Å². The van der Waals surface area contributed by atoms with Crippen LogP contribution in [0.5, 0.6) is 5.75 Å². The lowest BCUT2D eigenvalue weighted by molar-refractivity contribution is 0.298. The van der Waals surface area contributed by atoms with E-state index in [0.29, 0.717) is 12.3 Å². The van der Waals surface area contributed by atoms with Crippen molar-refractivity contribution in [3.63, 3.8) is 0 Å². The molecule has 0 aliphatic rings. The minimum Gasteiger partial charge on any atom is -0.488 e. The molecule has 1 heterocycles. The highest BCUT2D eigenvalue weighted by Crippen LogP contribution is 2.27. The Labute approximate surface area is 121 Å². The molecule has 2 rings (SSSR count). The zero-order valence-electron chi connectivity index (χ0n) is 11.0. The monoisotopic (exact) mass is 289 g/mol. The van der Waals surface area contributed by atoms with E-state index in [9.17, 15) is 0 Å². The van der Waals surface area contributed by atoms with Crippen molar-refractivity contribution in [1.29, 1.82) is 0 Å². The molecule has 0 aliphatic carbocycles. The molecule has 3 N–H and O–H groups in total. The molecular weight excluding hydrogens is 274 g/mol. The Morgan fingerprint density at radius 1 is 1.40 bits per heavy atom. The van der Waals surface area contributed by atoms with E-state index < -0.39 is 0 Å². The van der Waals surface area contributed by atoms with E-state index >= 15 is 0 Å². The lowest BCUT2D eigenvalue weighted by Gasteiger charge is -2.10. The zero-order chi connectivity index (χ0) is 14.4. The number of hydrogen-bond acceptors (Lipinski definition) is 5. The topological polar surface area (TPSA) is 80.7 Å². The van der Waals surface area contributed by atoms with E-state index in [1.807, 2.05) is 36.6 Å². The molecule has 0 amide bonds. The van der Waals surface area contributed by atoms with Crippen LogP contribution in [-0.4, -0.2) is 22.3 Å². The molecule has 0 aliphatic heterocycles. The normalized spacial score (nSPS) is 11.3. The fourth-order valence-electron chi connectivity index (χ4n) is 1.65. The van der Waals surface area contributed by atoms with Gasteiger partial charge in [0.05, 0.1) is 0 Å². The number of aromatic nitrogens is 1. The van der Waals surface area contributed by atoms with Crippen LogP contribution in [0.15, 0.2) is 52.6 Å². The molecule has 0 saturated carbocycles. The van der Waals surface area contributed by atoms with Crippen molar-refractivity contribution in [1.82, 2.24) is 4.98 Å². The molecule has 5 nitrogen and oxygen atoms in total. The fourth-order valence-corrected chi connectivity index (χ4v) is 2.20. The molecule has 0 saturated heterocycles.